The number of pyridine rings is 1. The van der Waals surface area contributed by atoms with Crippen molar-refractivity contribution >= 4 is 16.9 Å². The molecule has 0 saturated heterocycles. The third-order valence-corrected chi connectivity index (χ3v) is 3.68. The van der Waals surface area contributed by atoms with Gasteiger partial charge in [-0.2, -0.15) is 0 Å². The largest absolute Gasteiger partial charge is 0.469 e. The van der Waals surface area contributed by atoms with Crippen molar-refractivity contribution in [2.45, 2.75) is 19.3 Å². The lowest BCUT2D eigenvalue weighted by atomic mass is 9.95. The van der Waals surface area contributed by atoms with Crippen molar-refractivity contribution in [1.82, 2.24) is 4.98 Å². The quantitative estimate of drug-likeness (QED) is 0.776. The highest BCUT2D eigenvalue weighted by molar-refractivity contribution is 5.81. The molecule has 0 radical (unpaired) electrons. The Bertz CT molecular complexity index is 602. The molecule has 1 heterocycles. The average molecular weight is 241 g/mol. The molecule has 92 valence electrons. The van der Waals surface area contributed by atoms with Crippen LogP contribution in [-0.4, -0.2) is 18.1 Å². The van der Waals surface area contributed by atoms with Crippen LogP contribution in [0.5, 0.6) is 0 Å². The fourth-order valence-electron chi connectivity index (χ4n) is 2.45. The lowest BCUT2D eigenvalue weighted by Crippen LogP contribution is -2.19. The van der Waals surface area contributed by atoms with Crippen LogP contribution in [0.4, 0.5) is 0 Å². The smallest absolute Gasteiger partial charge is 0.312 e. The minimum absolute atomic E-state index is 0.0752. The lowest BCUT2D eigenvalue weighted by molar-refractivity contribution is -0.147. The Morgan fingerprint density at radius 2 is 2.22 bits per heavy atom. The lowest BCUT2D eigenvalue weighted by Gasteiger charge is -2.12. The first-order valence-corrected chi connectivity index (χ1v) is 6.16. The second-order valence-electron chi connectivity index (χ2n) is 4.98. The summed E-state index contributed by atoms with van der Waals surface area (Å²) in [4.78, 5) is 16.0. The van der Waals surface area contributed by atoms with E-state index in [0.29, 0.717) is 0 Å². The second-order valence-corrected chi connectivity index (χ2v) is 4.98. The van der Waals surface area contributed by atoms with Gasteiger partial charge in [0.1, 0.15) is 0 Å². The Labute approximate surface area is 106 Å². The van der Waals surface area contributed by atoms with Crippen LogP contribution >= 0.6 is 0 Å². The highest BCUT2D eigenvalue weighted by Gasteiger charge is 2.50. The number of carbonyl (C=O) groups excluding carboxylic acids is 1. The van der Waals surface area contributed by atoms with E-state index in [1.807, 2.05) is 18.2 Å². The standard InChI is InChI=1S/C15H15NO2/c1-18-14(17)15(6-7-15)10-11-4-5-13-12(9-11)3-2-8-16-13/h2-5,8-9H,6-7,10H2,1H3. The van der Waals surface area contributed by atoms with E-state index in [0.717, 1.165) is 30.2 Å². The Balaban J connectivity index is 1.89. The van der Waals surface area contributed by atoms with E-state index in [4.69, 9.17) is 4.74 Å². The Kier molecular flexibility index (Phi) is 2.54. The molecule has 0 atom stereocenters. The predicted octanol–water partition coefficient (Wildman–Crippen LogP) is 2.73. The predicted molar refractivity (Wildman–Crippen MR) is 69.1 cm³/mol. The molecule has 0 amide bonds. The fourth-order valence-corrected chi connectivity index (χ4v) is 2.45. The van der Waals surface area contributed by atoms with E-state index < -0.39 is 0 Å². The normalized spacial score (nSPS) is 16.5. The first-order chi connectivity index (χ1) is 8.73. The molecule has 0 unspecified atom stereocenters. The third kappa shape index (κ3) is 1.86. The highest BCUT2D eigenvalue weighted by Crippen LogP contribution is 2.49. The molecule has 0 N–H and O–H groups in total. The number of methoxy groups -OCH3 is 1. The van der Waals surface area contributed by atoms with Crippen LogP contribution in [0.2, 0.25) is 0 Å². The van der Waals surface area contributed by atoms with Gasteiger partial charge in [-0.3, -0.25) is 9.78 Å². The van der Waals surface area contributed by atoms with Crippen LogP contribution in [0, 0.1) is 5.41 Å². The molecule has 1 aromatic carbocycles. The number of carbonyl (C=O) groups is 1. The number of benzene rings is 1. The maximum absolute atomic E-state index is 11.7. The molecule has 1 aromatic heterocycles. The Hall–Kier alpha value is -1.90. The van der Waals surface area contributed by atoms with E-state index in [9.17, 15) is 4.79 Å². The zero-order chi connectivity index (χ0) is 12.6. The fraction of sp³-hybridized carbons (Fsp3) is 0.333. The van der Waals surface area contributed by atoms with Crippen molar-refractivity contribution in [1.29, 1.82) is 0 Å². The first kappa shape index (κ1) is 11.2. The molecular formula is C15H15NO2. The SMILES string of the molecule is COC(=O)C1(Cc2ccc3ncccc3c2)CC1. The van der Waals surface area contributed by atoms with Crippen LogP contribution in [0.1, 0.15) is 18.4 Å². The van der Waals surface area contributed by atoms with E-state index in [2.05, 4.69) is 17.1 Å². The topological polar surface area (TPSA) is 39.2 Å². The zero-order valence-corrected chi connectivity index (χ0v) is 10.3. The van der Waals surface area contributed by atoms with Gasteiger partial charge in [-0.25, -0.2) is 0 Å². The van der Waals surface area contributed by atoms with Crippen molar-refractivity contribution in [2.24, 2.45) is 5.41 Å². The van der Waals surface area contributed by atoms with Gasteiger partial charge in [0.2, 0.25) is 0 Å². The van der Waals surface area contributed by atoms with Crippen molar-refractivity contribution in [2.75, 3.05) is 7.11 Å². The molecule has 18 heavy (non-hydrogen) atoms. The van der Waals surface area contributed by atoms with E-state index in [1.54, 1.807) is 6.20 Å². The summed E-state index contributed by atoms with van der Waals surface area (Å²) >= 11 is 0. The van der Waals surface area contributed by atoms with Gasteiger partial charge in [0.25, 0.3) is 0 Å². The third-order valence-electron chi connectivity index (χ3n) is 3.68. The molecule has 2 aromatic rings. The molecule has 1 aliphatic rings. The van der Waals surface area contributed by atoms with Gasteiger partial charge in [-0.1, -0.05) is 12.1 Å². The maximum Gasteiger partial charge on any atom is 0.312 e. The number of ether oxygens (including phenoxy) is 1. The number of nitrogens with zero attached hydrogens (tertiary/aromatic N) is 1. The zero-order valence-electron chi connectivity index (χ0n) is 10.3. The summed E-state index contributed by atoms with van der Waals surface area (Å²) in [6, 6.07) is 10.2. The molecule has 1 fully saturated rings. The van der Waals surface area contributed by atoms with Crippen LogP contribution in [0.3, 0.4) is 0 Å². The molecule has 0 bridgehead atoms. The Morgan fingerprint density at radius 3 is 2.94 bits per heavy atom. The number of hydrogen-bond donors (Lipinski definition) is 0. The summed E-state index contributed by atoms with van der Waals surface area (Å²) in [6.07, 6.45) is 4.43. The van der Waals surface area contributed by atoms with Gasteiger partial charge >= 0.3 is 5.97 Å². The number of aromatic nitrogens is 1. The van der Waals surface area contributed by atoms with Gasteiger partial charge in [-0.05, 0) is 43.0 Å². The molecule has 3 heteroatoms. The van der Waals surface area contributed by atoms with Gasteiger partial charge in [0, 0.05) is 11.6 Å². The van der Waals surface area contributed by atoms with Crippen LogP contribution in [0.15, 0.2) is 36.5 Å². The van der Waals surface area contributed by atoms with Gasteiger partial charge in [-0.15, -0.1) is 0 Å². The van der Waals surface area contributed by atoms with Crippen LogP contribution in [-0.2, 0) is 16.0 Å². The molecule has 0 aliphatic heterocycles. The van der Waals surface area contributed by atoms with E-state index in [1.165, 1.54) is 12.7 Å². The van der Waals surface area contributed by atoms with Crippen molar-refractivity contribution in [3.8, 4) is 0 Å². The summed E-state index contributed by atoms with van der Waals surface area (Å²) < 4.78 is 4.89. The van der Waals surface area contributed by atoms with E-state index >= 15 is 0 Å². The van der Waals surface area contributed by atoms with Crippen molar-refractivity contribution in [3.63, 3.8) is 0 Å². The van der Waals surface area contributed by atoms with Crippen LogP contribution in [0.25, 0.3) is 10.9 Å². The number of rotatable bonds is 3. The van der Waals surface area contributed by atoms with Gasteiger partial charge in [0.05, 0.1) is 18.0 Å². The number of fused-ring (bicyclic) bond motifs is 1. The Morgan fingerprint density at radius 1 is 1.39 bits per heavy atom. The minimum Gasteiger partial charge on any atom is -0.469 e. The highest BCUT2D eigenvalue weighted by atomic mass is 16.5. The first-order valence-electron chi connectivity index (χ1n) is 6.16. The summed E-state index contributed by atoms with van der Waals surface area (Å²) in [5, 5.41) is 1.12. The summed E-state index contributed by atoms with van der Waals surface area (Å²) in [6.45, 7) is 0. The molecular weight excluding hydrogens is 226 g/mol. The summed E-state index contributed by atoms with van der Waals surface area (Å²) in [7, 11) is 1.46. The molecule has 1 aliphatic carbocycles. The van der Waals surface area contributed by atoms with Crippen molar-refractivity contribution < 1.29 is 9.53 Å². The van der Waals surface area contributed by atoms with Gasteiger partial charge < -0.3 is 4.74 Å². The molecule has 3 nitrogen and oxygen atoms in total. The summed E-state index contributed by atoms with van der Waals surface area (Å²) in [5.41, 5.74) is 1.91. The number of esters is 1. The minimum atomic E-state index is -0.259. The molecule has 0 spiro atoms. The van der Waals surface area contributed by atoms with Gasteiger partial charge in [0.15, 0.2) is 0 Å². The van der Waals surface area contributed by atoms with E-state index in [-0.39, 0.29) is 11.4 Å². The summed E-state index contributed by atoms with van der Waals surface area (Å²) in [5.74, 6) is -0.0752. The van der Waals surface area contributed by atoms with Crippen LogP contribution < -0.4 is 0 Å². The maximum atomic E-state index is 11.7. The second kappa shape index (κ2) is 4.09. The monoisotopic (exact) mass is 241 g/mol. The number of hydrogen-bond acceptors (Lipinski definition) is 3. The molecule has 1 saturated carbocycles. The molecule has 3 rings (SSSR count). The average Bonchev–Trinajstić information content (AvgIpc) is 3.18. The van der Waals surface area contributed by atoms with Crippen molar-refractivity contribution in [3.05, 3.63) is 42.1 Å².